The second kappa shape index (κ2) is 6.21. The minimum absolute atomic E-state index is 1.09. The van der Waals surface area contributed by atoms with E-state index in [0.29, 0.717) is 0 Å². The second-order valence-corrected chi connectivity index (χ2v) is 7.54. The van der Waals surface area contributed by atoms with Crippen molar-refractivity contribution in [2.45, 2.75) is 25.8 Å². The fraction of sp³-hybridized carbons (Fsp3) is 0.375. The Labute approximate surface area is 127 Å². The largest absolute Gasteiger partial charge is 0.299 e. The highest BCUT2D eigenvalue weighted by Crippen LogP contribution is 2.36. The minimum atomic E-state index is 1.09. The molecular weight excluding hydrogens is 318 g/mol. The lowest BCUT2D eigenvalue weighted by atomic mass is 10.1. The first-order valence-electron chi connectivity index (χ1n) is 6.89. The molecule has 2 heterocycles. The molecule has 1 nitrogen and oxygen atoms in total. The number of hydrogen-bond acceptors (Lipinski definition) is 2. The van der Waals surface area contributed by atoms with Crippen LogP contribution in [-0.4, -0.2) is 18.0 Å². The molecule has 100 valence electrons. The summed E-state index contributed by atoms with van der Waals surface area (Å²) in [6.07, 6.45) is 4.10. The highest BCUT2D eigenvalue weighted by atomic mass is 79.9. The normalized spacial score (nSPS) is 16.7. The van der Waals surface area contributed by atoms with Gasteiger partial charge in [0, 0.05) is 11.4 Å². The second-order valence-electron chi connectivity index (χ2n) is 5.11. The van der Waals surface area contributed by atoms with Crippen LogP contribution in [0.15, 0.2) is 40.2 Å². The van der Waals surface area contributed by atoms with E-state index >= 15 is 0 Å². The standard InChI is InChI=1S/C16H18BrNS/c17-15-11-14(12-18-9-5-2-6-10-18)16(19-15)13-7-3-1-4-8-13/h1,3-4,7-8,11H,2,5-6,9-10,12H2. The lowest BCUT2D eigenvalue weighted by molar-refractivity contribution is 0.221. The van der Waals surface area contributed by atoms with Crippen LogP contribution in [0.2, 0.25) is 0 Å². The van der Waals surface area contributed by atoms with E-state index in [9.17, 15) is 0 Å². The molecule has 1 aliphatic heterocycles. The van der Waals surface area contributed by atoms with Crippen molar-refractivity contribution in [3.63, 3.8) is 0 Å². The van der Waals surface area contributed by atoms with Gasteiger partial charge in [0.1, 0.15) is 0 Å². The van der Waals surface area contributed by atoms with Crippen molar-refractivity contribution in [1.82, 2.24) is 4.90 Å². The van der Waals surface area contributed by atoms with Crippen LogP contribution in [0.3, 0.4) is 0 Å². The van der Waals surface area contributed by atoms with Crippen molar-refractivity contribution in [3.05, 3.63) is 45.7 Å². The Hall–Kier alpha value is -0.640. The first kappa shape index (κ1) is 13.3. The van der Waals surface area contributed by atoms with Gasteiger partial charge in [-0.1, -0.05) is 36.8 Å². The lowest BCUT2D eigenvalue weighted by Gasteiger charge is -2.26. The molecule has 3 heteroatoms. The van der Waals surface area contributed by atoms with Gasteiger partial charge in [-0.15, -0.1) is 11.3 Å². The number of piperidine rings is 1. The molecule has 1 aromatic carbocycles. The van der Waals surface area contributed by atoms with Crippen LogP contribution in [0.1, 0.15) is 24.8 Å². The van der Waals surface area contributed by atoms with Gasteiger partial charge in [-0.2, -0.15) is 0 Å². The van der Waals surface area contributed by atoms with Gasteiger partial charge >= 0.3 is 0 Å². The molecule has 0 N–H and O–H groups in total. The molecule has 0 unspecified atom stereocenters. The van der Waals surface area contributed by atoms with Crippen molar-refractivity contribution in [3.8, 4) is 10.4 Å². The quantitative estimate of drug-likeness (QED) is 0.748. The van der Waals surface area contributed by atoms with Gasteiger partial charge in [0.2, 0.25) is 0 Å². The van der Waals surface area contributed by atoms with Gasteiger partial charge in [0.05, 0.1) is 3.79 Å². The number of thiophene rings is 1. The number of halogens is 1. The molecule has 0 aliphatic carbocycles. The zero-order valence-corrected chi connectivity index (χ0v) is 13.3. The van der Waals surface area contributed by atoms with Crippen molar-refractivity contribution < 1.29 is 0 Å². The maximum atomic E-state index is 3.65. The van der Waals surface area contributed by atoms with E-state index < -0.39 is 0 Å². The van der Waals surface area contributed by atoms with Crippen molar-refractivity contribution in [2.24, 2.45) is 0 Å². The Kier molecular flexibility index (Phi) is 4.36. The zero-order chi connectivity index (χ0) is 13.1. The van der Waals surface area contributed by atoms with Crippen molar-refractivity contribution >= 4 is 27.3 Å². The van der Waals surface area contributed by atoms with Crippen LogP contribution in [0.5, 0.6) is 0 Å². The molecule has 3 rings (SSSR count). The predicted molar refractivity (Wildman–Crippen MR) is 86.6 cm³/mol. The summed E-state index contributed by atoms with van der Waals surface area (Å²) in [6.45, 7) is 3.59. The Morgan fingerprint density at radius 1 is 1.05 bits per heavy atom. The van der Waals surface area contributed by atoms with Gasteiger partial charge in [0.25, 0.3) is 0 Å². The van der Waals surface area contributed by atoms with Gasteiger partial charge in [-0.05, 0) is 59.1 Å². The van der Waals surface area contributed by atoms with Crippen LogP contribution < -0.4 is 0 Å². The maximum absolute atomic E-state index is 3.65. The summed E-state index contributed by atoms with van der Waals surface area (Å²) in [7, 11) is 0. The fourth-order valence-electron chi connectivity index (χ4n) is 2.70. The third kappa shape index (κ3) is 3.28. The molecule has 0 spiro atoms. The molecule has 2 aromatic rings. The van der Waals surface area contributed by atoms with E-state index in [2.05, 4.69) is 57.2 Å². The maximum Gasteiger partial charge on any atom is 0.0708 e. The van der Waals surface area contributed by atoms with E-state index in [4.69, 9.17) is 0 Å². The molecule has 0 atom stereocenters. The van der Waals surface area contributed by atoms with Crippen LogP contribution >= 0.6 is 27.3 Å². The van der Waals surface area contributed by atoms with Gasteiger partial charge in [-0.25, -0.2) is 0 Å². The summed E-state index contributed by atoms with van der Waals surface area (Å²) in [5.41, 5.74) is 2.80. The van der Waals surface area contributed by atoms with E-state index in [1.54, 1.807) is 0 Å². The summed E-state index contributed by atoms with van der Waals surface area (Å²) in [5, 5.41) is 0. The van der Waals surface area contributed by atoms with Crippen LogP contribution in [-0.2, 0) is 6.54 Å². The fourth-order valence-corrected chi connectivity index (χ4v) is 4.37. The Morgan fingerprint density at radius 2 is 1.79 bits per heavy atom. The van der Waals surface area contributed by atoms with E-state index in [-0.39, 0.29) is 0 Å². The summed E-state index contributed by atoms with van der Waals surface area (Å²) >= 11 is 5.49. The molecule has 1 aromatic heterocycles. The number of rotatable bonds is 3. The first-order valence-corrected chi connectivity index (χ1v) is 8.50. The van der Waals surface area contributed by atoms with E-state index in [1.807, 2.05) is 11.3 Å². The molecule has 19 heavy (non-hydrogen) atoms. The molecule has 0 radical (unpaired) electrons. The number of hydrogen-bond donors (Lipinski definition) is 0. The van der Waals surface area contributed by atoms with Gasteiger partial charge in [0.15, 0.2) is 0 Å². The minimum Gasteiger partial charge on any atom is -0.299 e. The van der Waals surface area contributed by atoms with Gasteiger partial charge < -0.3 is 0 Å². The summed E-state index contributed by atoms with van der Waals surface area (Å²) in [5.74, 6) is 0. The van der Waals surface area contributed by atoms with Crippen LogP contribution in [0, 0.1) is 0 Å². The highest BCUT2D eigenvalue weighted by Gasteiger charge is 2.15. The van der Waals surface area contributed by atoms with Crippen molar-refractivity contribution in [2.75, 3.05) is 13.1 Å². The Bertz CT molecular complexity index is 529. The van der Waals surface area contributed by atoms with Crippen LogP contribution in [0.25, 0.3) is 10.4 Å². The lowest BCUT2D eigenvalue weighted by Crippen LogP contribution is -2.29. The number of benzene rings is 1. The number of nitrogens with zero attached hydrogens (tertiary/aromatic N) is 1. The summed E-state index contributed by atoms with van der Waals surface area (Å²) in [4.78, 5) is 4.00. The van der Waals surface area contributed by atoms with E-state index in [1.165, 1.54) is 52.1 Å². The molecular formula is C16H18BrNS. The van der Waals surface area contributed by atoms with Gasteiger partial charge in [-0.3, -0.25) is 4.90 Å². The SMILES string of the molecule is Brc1cc(CN2CCCCC2)c(-c2ccccc2)s1. The summed E-state index contributed by atoms with van der Waals surface area (Å²) in [6, 6.07) is 13.0. The van der Waals surface area contributed by atoms with Crippen molar-refractivity contribution in [1.29, 1.82) is 0 Å². The predicted octanol–water partition coefficient (Wildman–Crippen LogP) is 5.16. The zero-order valence-electron chi connectivity index (χ0n) is 10.9. The monoisotopic (exact) mass is 335 g/mol. The first-order chi connectivity index (χ1) is 9.33. The number of likely N-dealkylation sites (tertiary alicyclic amines) is 1. The molecule has 1 saturated heterocycles. The average Bonchev–Trinajstić information content (AvgIpc) is 2.82. The highest BCUT2D eigenvalue weighted by molar-refractivity contribution is 9.11. The Morgan fingerprint density at radius 3 is 2.53 bits per heavy atom. The summed E-state index contributed by atoms with van der Waals surface area (Å²) < 4.78 is 1.23. The molecule has 0 bridgehead atoms. The van der Waals surface area contributed by atoms with Crippen LogP contribution in [0.4, 0.5) is 0 Å². The Balaban J connectivity index is 1.85. The average molecular weight is 336 g/mol. The third-order valence-corrected chi connectivity index (χ3v) is 5.39. The van der Waals surface area contributed by atoms with E-state index in [0.717, 1.165) is 6.54 Å². The topological polar surface area (TPSA) is 3.24 Å². The molecule has 1 fully saturated rings. The third-order valence-electron chi connectivity index (χ3n) is 3.66. The molecule has 0 saturated carbocycles. The smallest absolute Gasteiger partial charge is 0.0708 e. The molecule has 0 amide bonds. The molecule has 1 aliphatic rings.